The number of nitrogens with zero attached hydrogens (tertiary/aromatic N) is 2. The molecule has 0 fully saturated rings. The summed E-state index contributed by atoms with van der Waals surface area (Å²) in [5, 5.41) is 22.7. The van der Waals surface area contributed by atoms with Crippen LogP contribution < -0.4 is 15.4 Å². The minimum absolute atomic E-state index is 0.229. The van der Waals surface area contributed by atoms with Crippen molar-refractivity contribution in [2.24, 2.45) is 0 Å². The third kappa shape index (κ3) is 5.04. The lowest BCUT2D eigenvalue weighted by molar-refractivity contribution is 0.249. The van der Waals surface area contributed by atoms with E-state index in [9.17, 15) is 4.79 Å². The van der Waals surface area contributed by atoms with E-state index in [0.717, 1.165) is 0 Å². The van der Waals surface area contributed by atoms with E-state index in [-0.39, 0.29) is 18.5 Å². The maximum Gasteiger partial charge on any atom is 0.319 e. The first-order valence-corrected chi connectivity index (χ1v) is 7.33. The Bertz CT molecular complexity index is 788. The van der Waals surface area contributed by atoms with Crippen LogP contribution in [0.15, 0.2) is 48.5 Å². The Kier molecular flexibility index (Phi) is 5.76. The lowest BCUT2D eigenvalue weighted by Gasteiger charge is -2.12. The van der Waals surface area contributed by atoms with E-state index >= 15 is 0 Å². The molecule has 0 spiro atoms. The van der Waals surface area contributed by atoms with E-state index in [4.69, 9.17) is 15.3 Å². The van der Waals surface area contributed by atoms with Gasteiger partial charge in [-0.25, -0.2) is 4.79 Å². The van der Waals surface area contributed by atoms with Crippen LogP contribution in [0, 0.1) is 22.7 Å². The third-order valence-electron chi connectivity index (χ3n) is 3.09. The van der Waals surface area contributed by atoms with Gasteiger partial charge >= 0.3 is 6.03 Å². The molecule has 0 aliphatic carbocycles. The van der Waals surface area contributed by atoms with E-state index < -0.39 is 0 Å². The van der Waals surface area contributed by atoms with Crippen LogP contribution in [-0.4, -0.2) is 12.1 Å². The van der Waals surface area contributed by atoms with Gasteiger partial charge in [0.15, 0.2) is 0 Å². The molecular formula is C18H16N4O2. The van der Waals surface area contributed by atoms with E-state index in [2.05, 4.69) is 10.6 Å². The van der Waals surface area contributed by atoms with Gasteiger partial charge in [0.25, 0.3) is 0 Å². The van der Waals surface area contributed by atoms with Crippen LogP contribution in [0.5, 0.6) is 11.5 Å². The SMILES string of the molecule is C[C@@H](CC#N)NC(=O)Nc1cccc(Oc2ccc(C#N)cc2)c1. The Hall–Kier alpha value is -3.51. The van der Waals surface area contributed by atoms with Crippen LogP contribution in [0.1, 0.15) is 18.9 Å². The molecule has 0 bridgehead atoms. The lowest BCUT2D eigenvalue weighted by Crippen LogP contribution is -2.35. The van der Waals surface area contributed by atoms with Gasteiger partial charge in [-0.1, -0.05) is 6.07 Å². The van der Waals surface area contributed by atoms with Gasteiger partial charge in [-0.3, -0.25) is 0 Å². The lowest BCUT2D eigenvalue weighted by atomic mass is 10.2. The largest absolute Gasteiger partial charge is 0.457 e. The van der Waals surface area contributed by atoms with Crippen LogP contribution >= 0.6 is 0 Å². The monoisotopic (exact) mass is 320 g/mol. The zero-order valence-electron chi connectivity index (χ0n) is 13.1. The van der Waals surface area contributed by atoms with Crippen molar-refractivity contribution in [3.63, 3.8) is 0 Å². The molecule has 6 heteroatoms. The molecule has 2 aromatic rings. The number of anilines is 1. The molecule has 0 aromatic heterocycles. The second kappa shape index (κ2) is 8.21. The highest BCUT2D eigenvalue weighted by Crippen LogP contribution is 2.24. The molecule has 0 radical (unpaired) electrons. The zero-order valence-corrected chi connectivity index (χ0v) is 13.1. The van der Waals surface area contributed by atoms with Crippen LogP contribution in [0.3, 0.4) is 0 Å². The van der Waals surface area contributed by atoms with E-state index in [1.54, 1.807) is 55.5 Å². The standard InChI is InChI=1S/C18H16N4O2/c1-13(9-10-19)21-18(23)22-15-3-2-4-17(11-15)24-16-7-5-14(12-20)6-8-16/h2-8,11,13H,9H2,1H3,(H2,21,22,23)/t13-/m0/s1. The van der Waals surface area contributed by atoms with Crippen molar-refractivity contribution >= 4 is 11.7 Å². The predicted molar refractivity (Wildman–Crippen MR) is 89.5 cm³/mol. The molecule has 120 valence electrons. The molecule has 2 N–H and O–H groups in total. The molecule has 1 atom stereocenters. The first-order valence-electron chi connectivity index (χ1n) is 7.33. The number of amides is 2. The number of rotatable bonds is 5. The number of carbonyl (C=O) groups is 1. The quantitative estimate of drug-likeness (QED) is 0.876. The van der Waals surface area contributed by atoms with E-state index in [1.807, 2.05) is 12.1 Å². The maximum atomic E-state index is 11.8. The average molecular weight is 320 g/mol. The average Bonchev–Trinajstić information content (AvgIpc) is 2.56. The molecule has 0 aliphatic heterocycles. The Balaban J connectivity index is 1.99. The summed E-state index contributed by atoms with van der Waals surface area (Å²) in [7, 11) is 0. The van der Waals surface area contributed by atoms with Crippen LogP contribution in [0.25, 0.3) is 0 Å². The van der Waals surface area contributed by atoms with Gasteiger partial charge in [0.2, 0.25) is 0 Å². The maximum absolute atomic E-state index is 11.8. The molecule has 2 rings (SSSR count). The molecule has 6 nitrogen and oxygen atoms in total. The van der Waals surface area contributed by atoms with Crippen molar-refractivity contribution in [2.45, 2.75) is 19.4 Å². The fraction of sp³-hybridized carbons (Fsp3) is 0.167. The van der Waals surface area contributed by atoms with Gasteiger partial charge in [-0.15, -0.1) is 0 Å². The Morgan fingerprint density at radius 1 is 1.17 bits per heavy atom. The highest BCUT2D eigenvalue weighted by molar-refractivity contribution is 5.89. The number of nitrogens with one attached hydrogen (secondary N) is 2. The summed E-state index contributed by atoms with van der Waals surface area (Å²) in [4.78, 5) is 11.8. The molecular weight excluding hydrogens is 304 g/mol. The van der Waals surface area contributed by atoms with E-state index in [1.165, 1.54) is 0 Å². The molecule has 0 unspecified atom stereocenters. The number of hydrogen-bond donors (Lipinski definition) is 2. The summed E-state index contributed by atoms with van der Waals surface area (Å²) in [6, 6.07) is 17.1. The van der Waals surface area contributed by atoms with Gasteiger partial charge in [-0.05, 0) is 43.3 Å². The number of nitriles is 2. The Morgan fingerprint density at radius 2 is 1.92 bits per heavy atom. The number of benzene rings is 2. The highest BCUT2D eigenvalue weighted by Gasteiger charge is 2.07. The van der Waals surface area contributed by atoms with Gasteiger partial charge in [0.05, 0.1) is 24.1 Å². The second-order valence-corrected chi connectivity index (χ2v) is 5.13. The number of urea groups is 1. The van der Waals surface area contributed by atoms with Crippen LogP contribution in [0.4, 0.5) is 10.5 Å². The number of ether oxygens (including phenoxy) is 1. The summed E-state index contributed by atoms with van der Waals surface area (Å²) in [6.45, 7) is 1.76. The summed E-state index contributed by atoms with van der Waals surface area (Å²) in [6.07, 6.45) is 0.245. The third-order valence-corrected chi connectivity index (χ3v) is 3.09. The summed E-state index contributed by atoms with van der Waals surface area (Å²) >= 11 is 0. The van der Waals surface area contributed by atoms with Crippen molar-refractivity contribution in [3.8, 4) is 23.6 Å². The summed E-state index contributed by atoms with van der Waals surface area (Å²) in [5.74, 6) is 1.15. The first-order chi connectivity index (χ1) is 11.6. The summed E-state index contributed by atoms with van der Waals surface area (Å²) in [5.41, 5.74) is 1.13. The molecule has 2 aromatic carbocycles. The summed E-state index contributed by atoms with van der Waals surface area (Å²) < 4.78 is 5.70. The van der Waals surface area contributed by atoms with Crippen LogP contribution in [0.2, 0.25) is 0 Å². The predicted octanol–water partition coefficient (Wildman–Crippen LogP) is 3.77. The normalized spacial score (nSPS) is 10.8. The minimum Gasteiger partial charge on any atom is -0.457 e. The van der Waals surface area contributed by atoms with Gasteiger partial charge in [0, 0.05) is 17.8 Å². The van der Waals surface area contributed by atoms with Crippen LogP contribution in [-0.2, 0) is 0 Å². The molecule has 2 amide bonds. The van der Waals surface area contributed by atoms with E-state index in [0.29, 0.717) is 22.7 Å². The number of hydrogen-bond acceptors (Lipinski definition) is 4. The fourth-order valence-electron chi connectivity index (χ4n) is 1.95. The smallest absolute Gasteiger partial charge is 0.319 e. The molecule has 24 heavy (non-hydrogen) atoms. The second-order valence-electron chi connectivity index (χ2n) is 5.13. The Morgan fingerprint density at radius 3 is 2.58 bits per heavy atom. The Labute approximate surface area is 140 Å². The minimum atomic E-state index is -0.381. The zero-order chi connectivity index (χ0) is 17.4. The van der Waals surface area contributed by atoms with Crippen molar-refractivity contribution in [3.05, 3.63) is 54.1 Å². The number of carbonyl (C=O) groups excluding carboxylic acids is 1. The highest BCUT2D eigenvalue weighted by atomic mass is 16.5. The molecule has 0 saturated carbocycles. The van der Waals surface area contributed by atoms with Gasteiger partial charge in [-0.2, -0.15) is 10.5 Å². The van der Waals surface area contributed by atoms with Crippen molar-refractivity contribution in [1.29, 1.82) is 10.5 Å². The first kappa shape index (κ1) is 16.9. The topological polar surface area (TPSA) is 97.9 Å². The van der Waals surface area contributed by atoms with Gasteiger partial charge in [0.1, 0.15) is 11.5 Å². The molecule has 0 heterocycles. The van der Waals surface area contributed by atoms with Crippen molar-refractivity contribution in [1.82, 2.24) is 5.32 Å². The van der Waals surface area contributed by atoms with Gasteiger partial charge < -0.3 is 15.4 Å². The molecule has 0 saturated heterocycles. The van der Waals surface area contributed by atoms with Crippen molar-refractivity contribution < 1.29 is 9.53 Å². The van der Waals surface area contributed by atoms with Crippen molar-refractivity contribution in [2.75, 3.05) is 5.32 Å². The molecule has 0 aliphatic rings. The fourth-order valence-corrected chi connectivity index (χ4v) is 1.95.